The van der Waals surface area contributed by atoms with Gasteiger partial charge in [-0.15, -0.1) is 11.3 Å². The molecule has 0 unspecified atom stereocenters. The Kier molecular flexibility index (Phi) is 5.78. The van der Waals surface area contributed by atoms with Crippen LogP contribution in [0.5, 0.6) is 0 Å². The first-order chi connectivity index (χ1) is 12.0. The van der Waals surface area contributed by atoms with Crippen LogP contribution in [-0.2, 0) is 22.4 Å². The van der Waals surface area contributed by atoms with Crippen molar-refractivity contribution in [2.24, 2.45) is 5.92 Å². The number of rotatable bonds is 4. The van der Waals surface area contributed by atoms with Gasteiger partial charge in [0.25, 0.3) is 0 Å². The summed E-state index contributed by atoms with van der Waals surface area (Å²) in [6, 6.07) is 2.60. The third-order valence-electron chi connectivity index (χ3n) is 5.28. The predicted octanol–water partition coefficient (Wildman–Crippen LogP) is 3.18. The summed E-state index contributed by atoms with van der Waals surface area (Å²) in [6.07, 6.45) is 4.21. The minimum atomic E-state index is -0.0318. The van der Waals surface area contributed by atoms with Gasteiger partial charge in [0, 0.05) is 17.5 Å². The monoisotopic (exact) mass is 361 g/mol. The van der Waals surface area contributed by atoms with E-state index in [1.807, 2.05) is 6.92 Å². The maximum Gasteiger partial charge on any atom is 0.239 e. The van der Waals surface area contributed by atoms with Gasteiger partial charge in [-0.25, -0.2) is 0 Å². The number of fused-ring (bicyclic) bond motifs is 1. The molecule has 5 nitrogen and oxygen atoms in total. The zero-order valence-corrected chi connectivity index (χ0v) is 16.1. The molecule has 1 fully saturated rings. The number of morpholine rings is 1. The van der Waals surface area contributed by atoms with Crippen molar-refractivity contribution in [2.75, 3.05) is 25.0 Å². The van der Waals surface area contributed by atoms with Gasteiger partial charge in [0.1, 0.15) is 11.1 Å². The van der Waals surface area contributed by atoms with Gasteiger partial charge in [-0.2, -0.15) is 5.26 Å². The van der Waals surface area contributed by atoms with Gasteiger partial charge in [-0.05, 0) is 44.1 Å². The van der Waals surface area contributed by atoms with Crippen molar-refractivity contribution in [1.29, 1.82) is 5.26 Å². The molecule has 1 N–H and O–H groups in total. The molecule has 1 saturated heterocycles. The van der Waals surface area contributed by atoms with Crippen LogP contribution in [0.4, 0.5) is 5.00 Å². The van der Waals surface area contributed by atoms with E-state index in [1.165, 1.54) is 4.88 Å². The number of carbonyl (C=O) groups is 1. The van der Waals surface area contributed by atoms with E-state index in [0.717, 1.165) is 42.8 Å². The first-order valence-corrected chi connectivity index (χ1v) is 10.0. The lowest BCUT2D eigenvalue weighted by Crippen LogP contribution is -2.51. The molecule has 3 rings (SSSR count). The number of ether oxygens (including phenoxy) is 1. The molecule has 1 aliphatic heterocycles. The van der Waals surface area contributed by atoms with E-state index >= 15 is 0 Å². The molecule has 3 atom stereocenters. The summed E-state index contributed by atoms with van der Waals surface area (Å²) < 4.78 is 5.70. The summed E-state index contributed by atoms with van der Waals surface area (Å²) in [4.78, 5) is 16.1. The van der Waals surface area contributed by atoms with Gasteiger partial charge in [0.05, 0.1) is 24.8 Å². The Bertz CT molecular complexity index is 679. The van der Waals surface area contributed by atoms with Gasteiger partial charge in [-0.3, -0.25) is 9.69 Å². The smallest absolute Gasteiger partial charge is 0.239 e. The van der Waals surface area contributed by atoms with E-state index in [1.54, 1.807) is 11.3 Å². The van der Waals surface area contributed by atoms with E-state index in [-0.39, 0.29) is 18.1 Å². The maximum absolute atomic E-state index is 12.6. The molecule has 136 valence electrons. The third-order valence-corrected chi connectivity index (χ3v) is 6.45. The largest absolute Gasteiger partial charge is 0.376 e. The fraction of sp³-hybridized carbons (Fsp3) is 0.684. The average molecular weight is 362 g/mol. The Balaban J connectivity index is 1.70. The van der Waals surface area contributed by atoms with E-state index in [0.29, 0.717) is 24.6 Å². The summed E-state index contributed by atoms with van der Waals surface area (Å²) in [7, 11) is 0. The Morgan fingerprint density at radius 2 is 2.28 bits per heavy atom. The van der Waals surface area contributed by atoms with Crippen LogP contribution >= 0.6 is 11.3 Å². The van der Waals surface area contributed by atoms with Crippen molar-refractivity contribution >= 4 is 22.2 Å². The van der Waals surface area contributed by atoms with Crippen molar-refractivity contribution in [1.82, 2.24) is 4.90 Å². The standard InChI is InChI=1S/C19H27N3O2S/c1-4-14-11-24-13(3)9-22(14)10-18(23)21-19-16(8-20)15-6-5-12(2)7-17(15)25-19/h12-14H,4-7,9-11H2,1-3H3,(H,21,23)/t12-,13+,14+/m0/s1. The summed E-state index contributed by atoms with van der Waals surface area (Å²) in [5.74, 6) is 0.622. The lowest BCUT2D eigenvalue weighted by atomic mass is 9.89. The van der Waals surface area contributed by atoms with E-state index in [4.69, 9.17) is 4.74 Å². The Morgan fingerprint density at radius 3 is 3.00 bits per heavy atom. The summed E-state index contributed by atoms with van der Waals surface area (Å²) in [5.41, 5.74) is 1.84. The highest BCUT2D eigenvalue weighted by Gasteiger charge is 2.28. The summed E-state index contributed by atoms with van der Waals surface area (Å²) in [6.45, 7) is 8.22. The number of nitriles is 1. The predicted molar refractivity (Wildman–Crippen MR) is 99.9 cm³/mol. The average Bonchev–Trinajstić information content (AvgIpc) is 2.90. The second-order valence-corrected chi connectivity index (χ2v) is 8.46. The van der Waals surface area contributed by atoms with Gasteiger partial charge < -0.3 is 10.1 Å². The lowest BCUT2D eigenvalue weighted by molar-refractivity contribution is -0.121. The van der Waals surface area contributed by atoms with Crippen LogP contribution in [0, 0.1) is 17.2 Å². The van der Waals surface area contributed by atoms with Crippen LogP contribution in [0.1, 0.15) is 49.6 Å². The number of nitrogens with zero attached hydrogens (tertiary/aromatic N) is 2. The maximum atomic E-state index is 12.6. The van der Waals surface area contributed by atoms with Gasteiger partial charge in [0.15, 0.2) is 0 Å². The molecule has 0 saturated carbocycles. The van der Waals surface area contributed by atoms with E-state index < -0.39 is 0 Å². The molecular weight excluding hydrogens is 334 g/mol. The molecule has 1 aliphatic carbocycles. The van der Waals surface area contributed by atoms with Crippen LogP contribution in [0.25, 0.3) is 0 Å². The highest BCUT2D eigenvalue weighted by atomic mass is 32.1. The minimum Gasteiger partial charge on any atom is -0.376 e. The molecule has 1 aromatic rings. The van der Waals surface area contributed by atoms with Crippen molar-refractivity contribution in [3.63, 3.8) is 0 Å². The van der Waals surface area contributed by atoms with Crippen molar-refractivity contribution in [3.8, 4) is 6.07 Å². The minimum absolute atomic E-state index is 0.0318. The van der Waals surface area contributed by atoms with Gasteiger partial charge >= 0.3 is 0 Å². The summed E-state index contributed by atoms with van der Waals surface area (Å²) >= 11 is 1.59. The topological polar surface area (TPSA) is 65.4 Å². The van der Waals surface area contributed by atoms with Gasteiger partial charge in [0.2, 0.25) is 5.91 Å². The van der Waals surface area contributed by atoms with Crippen LogP contribution in [-0.4, -0.2) is 42.6 Å². The molecule has 0 bridgehead atoms. The van der Waals surface area contributed by atoms with Crippen LogP contribution in [0.3, 0.4) is 0 Å². The number of hydrogen-bond acceptors (Lipinski definition) is 5. The Labute approximate surface area is 154 Å². The SMILES string of the molecule is CC[C@@H]1CO[C@H](C)CN1CC(=O)Nc1sc2c(c1C#N)CC[C@H](C)C2. The zero-order chi connectivity index (χ0) is 18.0. The number of nitrogens with one attached hydrogen (secondary N) is 1. The summed E-state index contributed by atoms with van der Waals surface area (Å²) in [5, 5.41) is 13.3. The second-order valence-electron chi connectivity index (χ2n) is 7.35. The molecular formula is C19H27N3O2S. The normalized spacial score (nSPS) is 26.7. The van der Waals surface area contributed by atoms with E-state index in [2.05, 4.69) is 30.1 Å². The Morgan fingerprint density at radius 1 is 1.48 bits per heavy atom. The fourth-order valence-corrected chi connectivity index (χ4v) is 5.17. The molecule has 0 radical (unpaired) electrons. The molecule has 25 heavy (non-hydrogen) atoms. The molecule has 2 aliphatic rings. The molecule has 0 spiro atoms. The third kappa shape index (κ3) is 4.05. The van der Waals surface area contributed by atoms with Crippen molar-refractivity contribution in [3.05, 3.63) is 16.0 Å². The molecule has 1 aromatic heterocycles. The lowest BCUT2D eigenvalue weighted by Gasteiger charge is -2.37. The zero-order valence-electron chi connectivity index (χ0n) is 15.3. The van der Waals surface area contributed by atoms with Crippen LogP contribution in [0.15, 0.2) is 0 Å². The second kappa shape index (κ2) is 7.86. The quantitative estimate of drug-likeness (QED) is 0.894. The first-order valence-electron chi connectivity index (χ1n) is 9.21. The number of amides is 1. The number of hydrogen-bond donors (Lipinski definition) is 1. The molecule has 0 aromatic carbocycles. The van der Waals surface area contributed by atoms with E-state index in [9.17, 15) is 10.1 Å². The number of carbonyl (C=O) groups excluding carboxylic acids is 1. The number of thiophene rings is 1. The number of anilines is 1. The molecule has 6 heteroatoms. The van der Waals surface area contributed by atoms with Crippen molar-refractivity contribution in [2.45, 2.75) is 58.6 Å². The van der Waals surface area contributed by atoms with Crippen molar-refractivity contribution < 1.29 is 9.53 Å². The molecule has 2 heterocycles. The highest BCUT2D eigenvalue weighted by Crippen LogP contribution is 2.39. The Hall–Kier alpha value is -1.42. The van der Waals surface area contributed by atoms with Crippen LogP contribution in [0.2, 0.25) is 0 Å². The molecule has 1 amide bonds. The van der Waals surface area contributed by atoms with Gasteiger partial charge in [-0.1, -0.05) is 13.8 Å². The fourth-order valence-electron chi connectivity index (χ4n) is 3.79. The first kappa shape index (κ1) is 18.4. The van der Waals surface area contributed by atoms with Crippen LogP contribution < -0.4 is 5.32 Å². The highest BCUT2D eigenvalue weighted by molar-refractivity contribution is 7.16.